The van der Waals surface area contributed by atoms with Crippen LogP contribution in [0.4, 0.5) is 0 Å². The van der Waals surface area contributed by atoms with Gasteiger partial charge in [-0.05, 0) is 51.2 Å². The van der Waals surface area contributed by atoms with Crippen LogP contribution < -0.4 is 16.0 Å². The van der Waals surface area contributed by atoms with E-state index in [1.807, 2.05) is 24.3 Å². The summed E-state index contributed by atoms with van der Waals surface area (Å²) in [5.74, 6) is -0.0330. The standard InChI is InChI=1S/C31H39N3O7S/c1-7-11-20(12-8-2)18-41-23(21-13-9-10-14-22(21)39-6)17-33-28-24(19(3)25(42-28)26-32-15-16-40-26)27(35)34(30(33)38)31(4,5)29(36)37/h9-10,13-16,20,23H,7-8,11-12,17-18H2,1-6H3,(H,36,37). The maximum Gasteiger partial charge on any atom is 0.333 e. The van der Waals surface area contributed by atoms with E-state index in [0.29, 0.717) is 39.4 Å². The van der Waals surface area contributed by atoms with E-state index in [1.54, 1.807) is 14.0 Å². The second kappa shape index (κ2) is 13.1. The zero-order valence-corrected chi connectivity index (χ0v) is 25.8. The molecule has 4 aromatic rings. The first-order chi connectivity index (χ1) is 20.1. The number of hydrogen-bond acceptors (Lipinski definition) is 8. The molecule has 10 nitrogen and oxygen atoms in total. The number of carboxylic acids is 1. The van der Waals surface area contributed by atoms with Gasteiger partial charge >= 0.3 is 11.7 Å². The smallest absolute Gasteiger partial charge is 0.333 e. The third kappa shape index (κ3) is 5.94. The van der Waals surface area contributed by atoms with Crippen molar-refractivity contribution in [1.82, 2.24) is 14.1 Å². The Balaban J connectivity index is 1.96. The van der Waals surface area contributed by atoms with Gasteiger partial charge in [-0.3, -0.25) is 9.36 Å². The number of fused-ring (bicyclic) bond motifs is 1. The zero-order valence-electron chi connectivity index (χ0n) is 25.0. The van der Waals surface area contributed by atoms with Gasteiger partial charge in [-0.15, -0.1) is 11.3 Å². The molecule has 1 atom stereocenters. The average molecular weight is 598 g/mol. The Morgan fingerprint density at radius 1 is 1.17 bits per heavy atom. The van der Waals surface area contributed by atoms with Gasteiger partial charge in [0.05, 0.1) is 36.7 Å². The molecule has 0 saturated carbocycles. The monoisotopic (exact) mass is 597 g/mol. The molecule has 42 heavy (non-hydrogen) atoms. The Morgan fingerprint density at radius 2 is 1.86 bits per heavy atom. The molecule has 11 heteroatoms. The molecule has 0 fully saturated rings. The highest BCUT2D eigenvalue weighted by atomic mass is 32.1. The fraction of sp³-hybridized carbons (Fsp3) is 0.484. The van der Waals surface area contributed by atoms with Crippen LogP contribution >= 0.6 is 11.3 Å². The molecule has 3 aromatic heterocycles. The van der Waals surface area contributed by atoms with Gasteiger partial charge in [0.2, 0.25) is 5.89 Å². The Hall–Kier alpha value is -3.70. The quantitative estimate of drug-likeness (QED) is 0.188. The maximum absolute atomic E-state index is 14.2. The Kier molecular flexibility index (Phi) is 9.73. The number of para-hydroxylation sites is 1. The van der Waals surface area contributed by atoms with Gasteiger partial charge in [0, 0.05) is 5.56 Å². The molecular formula is C31H39N3O7S. The average Bonchev–Trinajstić information content (AvgIpc) is 3.61. The molecule has 3 heterocycles. The summed E-state index contributed by atoms with van der Waals surface area (Å²) in [7, 11) is 1.58. The van der Waals surface area contributed by atoms with Crippen LogP contribution in [0.5, 0.6) is 5.75 Å². The minimum absolute atomic E-state index is 0.0294. The van der Waals surface area contributed by atoms with Crippen molar-refractivity contribution in [3.8, 4) is 16.5 Å². The molecule has 0 aliphatic carbocycles. The fourth-order valence-electron chi connectivity index (χ4n) is 5.35. The second-order valence-electron chi connectivity index (χ2n) is 11.0. The van der Waals surface area contributed by atoms with Crippen molar-refractivity contribution in [3.05, 3.63) is 68.7 Å². The van der Waals surface area contributed by atoms with E-state index in [4.69, 9.17) is 13.9 Å². The van der Waals surface area contributed by atoms with Gasteiger partial charge in [0.25, 0.3) is 5.56 Å². The van der Waals surface area contributed by atoms with Gasteiger partial charge < -0.3 is 19.0 Å². The number of thiophene rings is 1. The first kappa shape index (κ1) is 31.2. The van der Waals surface area contributed by atoms with Crippen LogP contribution in [-0.2, 0) is 21.6 Å². The molecule has 0 saturated heterocycles. The highest BCUT2D eigenvalue weighted by molar-refractivity contribution is 7.22. The Morgan fingerprint density at radius 3 is 2.45 bits per heavy atom. The normalized spacial score (nSPS) is 12.7. The number of methoxy groups -OCH3 is 1. The van der Waals surface area contributed by atoms with Crippen molar-refractivity contribution < 1.29 is 23.8 Å². The fourth-order valence-corrected chi connectivity index (χ4v) is 6.60. The lowest BCUT2D eigenvalue weighted by Gasteiger charge is -2.27. The molecule has 0 bridgehead atoms. The van der Waals surface area contributed by atoms with E-state index in [0.717, 1.165) is 35.8 Å². The molecule has 0 radical (unpaired) electrons. The number of oxazole rings is 1. The van der Waals surface area contributed by atoms with E-state index >= 15 is 0 Å². The maximum atomic E-state index is 14.2. The third-order valence-corrected chi connectivity index (χ3v) is 8.99. The predicted octanol–water partition coefficient (Wildman–Crippen LogP) is 5.99. The minimum Gasteiger partial charge on any atom is -0.496 e. The number of aromatic nitrogens is 3. The van der Waals surface area contributed by atoms with Gasteiger partial charge in [-0.1, -0.05) is 44.9 Å². The van der Waals surface area contributed by atoms with E-state index in [2.05, 4.69) is 18.8 Å². The minimum atomic E-state index is -1.81. The van der Waals surface area contributed by atoms with Crippen LogP contribution in [0.1, 0.15) is 70.6 Å². The first-order valence-electron chi connectivity index (χ1n) is 14.2. The third-order valence-electron chi connectivity index (χ3n) is 7.68. The van der Waals surface area contributed by atoms with Crippen LogP contribution in [0, 0.1) is 12.8 Å². The van der Waals surface area contributed by atoms with Gasteiger partial charge in [0.15, 0.2) is 0 Å². The summed E-state index contributed by atoms with van der Waals surface area (Å²) in [6, 6.07) is 7.48. The molecule has 0 spiro atoms. The number of ether oxygens (including phenoxy) is 2. The van der Waals surface area contributed by atoms with Crippen molar-refractivity contribution in [1.29, 1.82) is 0 Å². The summed E-state index contributed by atoms with van der Waals surface area (Å²) in [6.07, 6.45) is 6.40. The van der Waals surface area contributed by atoms with Gasteiger partial charge in [-0.2, -0.15) is 0 Å². The molecule has 0 aliphatic rings. The summed E-state index contributed by atoms with van der Waals surface area (Å²) in [5.41, 5.74) is -1.90. The largest absolute Gasteiger partial charge is 0.496 e. The van der Waals surface area contributed by atoms with Crippen molar-refractivity contribution in [2.45, 2.75) is 78.5 Å². The zero-order chi connectivity index (χ0) is 30.6. The molecule has 1 aromatic carbocycles. The number of rotatable bonds is 14. The van der Waals surface area contributed by atoms with Crippen LogP contribution in [0.25, 0.3) is 21.0 Å². The lowest BCUT2D eigenvalue weighted by atomic mass is 9.99. The second-order valence-corrected chi connectivity index (χ2v) is 12.0. The number of benzene rings is 1. The number of carboxylic acid groups (broad SMARTS) is 1. The molecule has 1 N–H and O–H groups in total. The van der Waals surface area contributed by atoms with E-state index < -0.39 is 28.9 Å². The van der Waals surface area contributed by atoms with E-state index in [-0.39, 0.29) is 11.9 Å². The van der Waals surface area contributed by atoms with Gasteiger partial charge in [0.1, 0.15) is 28.5 Å². The number of nitrogens with zero attached hydrogens (tertiary/aromatic N) is 3. The lowest BCUT2D eigenvalue weighted by Crippen LogP contribution is -2.52. The van der Waals surface area contributed by atoms with Crippen molar-refractivity contribution in [2.75, 3.05) is 13.7 Å². The molecule has 4 rings (SSSR count). The topological polar surface area (TPSA) is 126 Å². The van der Waals surface area contributed by atoms with E-state index in [1.165, 1.54) is 42.2 Å². The molecule has 226 valence electrons. The van der Waals surface area contributed by atoms with Gasteiger partial charge in [-0.25, -0.2) is 19.1 Å². The summed E-state index contributed by atoms with van der Waals surface area (Å²) in [5, 5.41) is 10.3. The summed E-state index contributed by atoms with van der Waals surface area (Å²) in [4.78, 5) is 45.6. The van der Waals surface area contributed by atoms with E-state index in [9.17, 15) is 19.5 Å². The molecule has 1 unspecified atom stereocenters. The number of aliphatic carboxylic acids is 1. The van der Waals surface area contributed by atoms with Crippen LogP contribution in [0.2, 0.25) is 0 Å². The number of hydrogen-bond donors (Lipinski definition) is 1. The molecular weight excluding hydrogens is 558 g/mol. The SMILES string of the molecule is CCCC(CCC)COC(Cn1c(=O)n(C(C)(C)C(=O)O)c(=O)c2c(C)c(-c3ncco3)sc21)c1ccccc1OC. The number of aryl methyl sites for hydroxylation is 1. The lowest BCUT2D eigenvalue weighted by molar-refractivity contribution is -0.146. The van der Waals surface area contributed by atoms with Crippen molar-refractivity contribution >= 4 is 27.5 Å². The number of carbonyl (C=O) groups is 1. The Labute approximate surface area is 248 Å². The Bertz CT molecular complexity index is 1640. The van der Waals surface area contributed by atoms with Crippen LogP contribution in [0.3, 0.4) is 0 Å². The van der Waals surface area contributed by atoms with Crippen molar-refractivity contribution in [3.63, 3.8) is 0 Å². The summed E-state index contributed by atoms with van der Waals surface area (Å²) < 4.78 is 20.1. The predicted molar refractivity (Wildman–Crippen MR) is 163 cm³/mol. The first-order valence-corrected chi connectivity index (χ1v) is 15.0. The molecule has 0 aliphatic heterocycles. The van der Waals surface area contributed by atoms with Crippen LogP contribution in [0.15, 0.2) is 50.7 Å². The molecule has 0 amide bonds. The highest BCUT2D eigenvalue weighted by Crippen LogP contribution is 2.37. The highest BCUT2D eigenvalue weighted by Gasteiger charge is 2.36. The van der Waals surface area contributed by atoms with Crippen molar-refractivity contribution in [2.24, 2.45) is 5.92 Å². The summed E-state index contributed by atoms with van der Waals surface area (Å²) >= 11 is 1.21. The summed E-state index contributed by atoms with van der Waals surface area (Å²) in [6.45, 7) is 9.25. The van der Waals surface area contributed by atoms with Crippen LogP contribution in [-0.4, -0.2) is 38.9 Å².